The van der Waals surface area contributed by atoms with Crippen LogP contribution in [0.3, 0.4) is 0 Å². The van der Waals surface area contributed by atoms with Gasteiger partial charge in [0.2, 0.25) is 0 Å². The summed E-state index contributed by atoms with van der Waals surface area (Å²) in [6, 6.07) is 4.71. The van der Waals surface area contributed by atoms with Crippen LogP contribution in [0.5, 0.6) is 0 Å². The third kappa shape index (κ3) is 1.28. The minimum absolute atomic E-state index is 0.0745. The van der Waals surface area contributed by atoms with Crippen LogP contribution >= 0.6 is 0 Å². The summed E-state index contributed by atoms with van der Waals surface area (Å²) in [6.07, 6.45) is 5.15. The molecule has 0 saturated heterocycles. The standard InChI is InChI=1S/C9H7NO2/c1-3-8-5-4-6-9(7(8)2)10(11)12/h1,4-6H,2H3. The van der Waals surface area contributed by atoms with Crippen molar-refractivity contribution in [2.45, 2.75) is 6.92 Å². The van der Waals surface area contributed by atoms with Crippen LogP contribution in [0, 0.1) is 29.4 Å². The first-order valence-corrected chi connectivity index (χ1v) is 3.37. The van der Waals surface area contributed by atoms with Crippen LogP contribution in [0.2, 0.25) is 0 Å². The lowest BCUT2D eigenvalue weighted by atomic mass is 10.1. The largest absolute Gasteiger partial charge is 0.273 e. The van der Waals surface area contributed by atoms with Gasteiger partial charge in [0, 0.05) is 17.2 Å². The monoisotopic (exact) mass is 161 g/mol. The third-order valence-electron chi connectivity index (χ3n) is 1.66. The van der Waals surface area contributed by atoms with Crippen molar-refractivity contribution < 1.29 is 4.92 Å². The summed E-state index contributed by atoms with van der Waals surface area (Å²) in [5, 5.41) is 10.4. The van der Waals surface area contributed by atoms with Gasteiger partial charge in [-0.2, -0.15) is 0 Å². The zero-order valence-corrected chi connectivity index (χ0v) is 6.57. The second-order valence-corrected chi connectivity index (χ2v) is 2.35. The Morgan fingerprint density at radius 3 is 2.75 bits per heavy atom. The van der Waals surface area contributed by atoms with Gasteiger partial charge in [0.1, 0.15) is 0 Å². The molecule has 60 valence electrons. The summed E-state index contributed by atoms with van der Waals surface area (Å²) in [7, 11) is 0. The first-order valence-electron chi connectivity index (χ1n) is 3.37. The maximum Gasteiger partial charge on any atom is 0.273 e. The highest BCUT2D eigenvalue weighted by molar-refractivity contribution is 5.50. The molecule has 0 bridgehead atoms. The molecule has 0 aliphatic heterocycles. The van der Waals surface area contributed by atoms with Gasteiger partial charge in [-0.25, -0.2) is 0 Å². The highest BCUT2D eigenvalue weighted by atomic mass is 16.6. The summed E-state index contributed by atoms with van der Waals surface area (Å²) < 4.78 is 0. The molecular formula is C9H7NO2. The lowest BCUT2D eigenvalue weighted by Crippen LogP contribution is -1.93. The van der Waals surface area contributed by atoms with E-state index in [0.29, 0.717) is 11.1 Å². The Hall–Kier alpha value is -1.82. The van der Waals surface area contributed by atoms with Crippen molar-refractivity contribution in [1.29, 1.82) is 0 Å². The van der Waals surface area contributed by atoms with E-state index in [0.717, 1.165) is 0 Å². The van der Waals surface area contributed by atoms with Crippen LogP contribution in [0.1, 0.15) is 11.1 Å². The molecular weight excluding hydrogens is 154 g/mol. The summed E-state index contributed by atoms with van der Waals surface area (Å²) in [5.41, 5.74) is 1.19. The molecule has 0 saturated carbocycles. The SMILES string of the molecule is C#Cc1cccc([N+](=O)[O-])c1C. The number of nitrogens with zero attached hydrogens (tertiary/aromatic N) is 1. The van der Waals surface area contributed by atoms with Crippen molar-refractivity contribution in [1.82, 2.24) is 0 Å². The molecule has 0 N–H and O–H groups in total. The van der Waals surface area contributed by atoms with Gasteiger partial charge in [0.15, 0.2) is 0 Å². The van der Waals surface area contributed by atoms with E-state index in [-0.39, 0.29) is 5.69 Å². The Morgan fingerprint density at radius 1 is 1.58 bits per heavy atom. The molecule has 0 heterocycles. The van der Waals surface area contributed by atoms with Gasteiger partial charge in [0.25, 0.3) is 5.69 Å². The molecule has 0 unspecified atom stereocenters. The Bertz CT molecular complexity index is 363. The lowest BCUT2D eigenvalue weighted by molar-refractivity contribution is -0.385. The quantitative estimate of drug-likeness (QED) is 0.358. The van der Waals surface area contributed by atoms with Gasteiger partial charge < -0.3 is 0 Å². The number of nitro groups is 1. The van der Waals surface area contributed by atoms with Crippen LogP contribution in [-0.2, 0) is 0 Å². The topological polar surface area (TPSA) is 43.1 Å². The molecule has 1 rings (SSSR count). The van der Waals surface area contributed by atoms with Gasteiger partial charge in [0.05, 0.1) is 4.92 Å². The van der Waals surface area contributed by atoms with Crippen molar-refractivity contribution in [3.8, 4) is 12.3 Å². The van der Waals surface area contributed by atoms with Crippen LogP contribution < -0.4 is 0 Å². The third-order valence-corrected chi connectivity index (χ3v) is 1.66. The van der Waals surface area contributed by atoms with Crippen molar-refractivity contribution in [2.24, 2.45) is 0 Å². The average Bonchev–Trinajstić information content (AvgIpc) is 2.04. The molecule has 0 amide bonds. The molecule has 0 fully saturated rings. The van der Waals surface area contributed by atoms with Crippen molar-refractivity contribution >= 4 is 5.69 Å². The summed E-state index contributed by atoms with van der Waals surface area (Å²) in [5.74, 6) is 2.39. The van der Waals surface area contributed by atoms with Gasteiger partial charge in [-0.1, -0.05) is 12.0 Å². The van der Waals surface area contributed by atoms with Gasteiger partial charge in [-0.05, 0) is 13.0 Å². The smallest absolute Gasteiger partial charge is 0.258 e. The summed E-state index contributed by atoms with van der Waals surface area (Å²) >= 11 is 0. The maximum atomic E-state index is 10.4. The van der Waals surface area contributed by atoms with E-state index in [4.69, 9.17) is 6.42 Å². The fourth-order valence-electron chi connectivity index (χ4n) is 0.978. The van der Waals surface area contributed by atoms with Crippen LogP contribution in [-0.4, -0.2) is 4.92 Å². The number of hydrogen-bond acceptors (Lipinski definition) is 2. The van der Waals surface area contributed by atoms with E-state index < -0.39 is 4.92 Å². The highest BCUT2D eigenvalue weighted by Crippen LogP contribution is 2.19. The molecule has 0 atom stereocenters. The van der Waals surface area contributed by atoms with Gasteiger partial charge in [-0.15, -0.1) is 6.42 Å². The highest BCUT2D eigenvalue weighted by Gasteiger charge is 2.10. The molecule has 0 radical (unpaired) electrons. The second-order valence-electron chi connectivity index (χ2n) is 2.35. The molecule has 0 aromatic heterocycles. The molecule has 3 heteroatoms. The van der Waals surface area contributed by atoms with E-state index in [1.165, 1.54) is 6.07 Å². The van der Waals surface area contributed by atoms with Crippen LogP contribution in [0.25, 0.3) is 0 Å². The predicted molar refractivity (Wildman–Crippen MR) is 45.8 cm³/mol. The number of hydrogen-bond donors (Lipinski definition) is 0. The molecule has 0 spiro atoms. The van der Waals surface area contributed by atoms with Crippen LogP contribution in [0.4, 0.5) is 5.69 Å². The second kappa shape index (κ2) is 3.05. The predicted octanol–water partition coefficient (Wildman–Crippen LogP) is 1.88. The van der Waals surface area contributed by atoms with Crippen molar-refractivity contribution in [2.75, 3.05) is 0 Å². The lowest BCUT2D eigenvalue weighted by Gasteiger charge is -1.98. The van der Waals surface area contributed by atoms with Crippen LogP contribution in [0.15, 0.2) is 18.2 Å². The number of terminal acetylenes is 1. The van der Waals surface area contributed by atoms with E-state index >= 15 is 0 Å². The number of nitro benzene ring substituents is 1. The number of benzene rings is 1. The van der Waals surface area contributed by atoms with E-state index in [1.54, 1.807) is 19.1 Å². The molecule has 0 aliphatic carbocycles. The minimum atomic E-state index is -0.434. The van der Waals surface area contributed by atoms with E-state index in [1.807, 2.05) is 0 Å². The maximum absolute atomic E-state index is 10.4. The van der Waals surface area contributed by atoms with Gasteiger partial charge in [-0.3, -0.25) is 10.1 Å². The average molecular weight is 161 g/mol. The van der Waals surface area contributed by atoms with Gasteiger partial charge >= 0.3 is 0 Å². The molecule has 3 nitrogen and oxygen atoms in total. The minimum Gasteiger partial charge on any atom is -0.258 e. The summed E-state index contributed by atoms with van der Waals surface area (Å²) in [6.45, 7) is 1.65. The Morgan fingerprint density at radius 2 is 2.25 bits per heavy atom. The number of rotatable bonds is 1. The fourth-order valence-corrected chi connectivity index (χ4v) is 0.978. The summed E-state index contributed by atoms with van der Waals surface area (Å²) in [4.78, 5) is 9.99. The Balaban J connectivity index is 3.35. The first-order chi connectivity index (χ1) is 5.66. The Kier molecular flexibility index (Phi) is 2.11. The normalized spacial score (nSPS) is 9.00. The zero-order chi connectivity index (χ0) is 9.14. The van der Waals surface area contributed by atoms with E-state index in [9.17, 15) is 10.1 Å². The fraction of sp³-hybridized carbons (Fsp3) is 0.111. The first kappa shape index (κ1) is 8.28. The van der Waals surface area contributed by atoms with Crippen molar-refractivity contribution in [3.63, 3.8) is 0 Å². The van der Waals surface area contributed by atoms with E-state index in [2.05, 4.69) is 5.92 Å². The molecule has 12 heavy (non-hydrogen) atoms. The molecule has 0 aliphatic rings. The Labute approximate surface area is 70.2 Å². The molecule has 1 aromatic carbocycles. The van der Waals surface area contributed by atoms with Crippen molar-refractivity contribution in [3.05, 3.63) is 39.4 Å². The molecule has 1 aromatic rings. The zero-order valence-electron chi connectivity index (χ0n) is 6.57.